The van der Waals surface area contributed by atoms with Crippen LogP contribution in [-0.4, -0.2) is 48.2 Å². The molecule has 3 atom stereocenters. The Morgan fingerprint density at radius 1 is 1.09 bits per heavy atom. The fourth-order valence-electron chi connectivity index (χ4n) is 5.44. The number of hydrogen-bond acceptors (Lipinski definition) is 5. The molecular formula is C27H54O4SSi2. The van der Waals surface area contributed by atoms with Crippen LogP contribution in [0.25, 0.3) is 0 Å². The Balaban J connectivity index is 3.31. The fourth-order valence-corrected chi connectivity index (χ4v) is 13.0. The Hall–Kier alpha value is -0.0862. The summed E-state index contributed by atoms with van der Waals surface area (Å²) in [7, 11) is -3.93. The second-order valence-corrected chi connectivity index (χ2v) is 23.5. The lowest BCUT2D eigenvalue weighted by molar-refractivity contribution is -0.144. The monoisotopic (exact) mass is 530 g/mol. The summed E-state index contributed by atoms with van der Waals surface area (Å²) in [5.41, 5.74) is 1.61. The molecule has 1 rings (SSSR count). The van der Waals surface area contributed by atoms with Crippen LogP contribution in [0.4, 0.5) is 0 Å². The normalized spacial score (nSPS) is 22.5. The number of thioether (sulfide) groups is 1. The highest BCUT2D eigenvalue weighted by Gasteiger charge is 2.47. The van der Waals surface area contributed by atoms with Crippen LogP contribution in [0.2, 0.25) is 34.8 Å². The van der Waals surface area contributed by atoms with E-state index in [1.165, 1.54) is 4.91 Å². The Labute approximate surface area is 217 Å². The van der Waals surface area contributed by atoms with Crippen molar-refractivity contribution >= 4 is 34.4 Å². The lowest BCUT2D eigenvalue weighted by Crippen LogP contribution is -2.50. The summed E-state index contributed by atoms with van der Waals surface area (Å²) in [4.78, 5) is 13.8. The van der Waals surface area contributed by atoms with Crippen molar-refractivity contribution in [3.63, 3.8) is 0 Å². The minimum Gasteiger partial charge on any atom is -0.466 e. The molecule has 0 spiro atoms. The molecule has 0 fully saturated rings. The van der Waals surface area contributed by atoms with Crippen molar-refractivity contribution in [1.29, 1.82) is 0 Å². The van der Waals surface area contributed by atoms with Crippen LogP contribution in [0.3, 0.4) is 0 Å². The molecule has 0 aliphatic heterocycles. The maximum absolute atomic E-state index is 12.5. The topological polar surface area (TPSA) is 44.8 Å². The number of rotatable bonds is 12. The van der Waals surface area contributed by atoms with Crippen molar-refractivity contribution in [3.05, 3.63) is 11.0 Å². The van der Waals surface area contributed by atoms with Crippen LogP contribution >= 0.6 is 11.8 Å². The lowest BCUT2D eigenvalue weighted by Gasteiger charge is -2.46. The van der Waals surface area contributed by atoms with E-state index in [2.05, 4.69) is 87.7 Å². The van der Waals surface area contributed by atoms with Crippen LogP contribution in [0.15, 0.2) is 11.0 Å². The van der Waals surface area contributed by atoms with Crippen molar-refractivity contribution in [2.45, 2.75) is 123 Å². The Morgan fingerprint density at radius 3 is 2.03 bits per heavy atom. The van der Waals surface area contributed by atoms with Gasteiger partial charge in [0.2, 0.25) is 0 Å². The zero-order valence-electron chi connectivity index (χ0n) is 24.4. The molecule has 0 heterocycles. The first kappa shape index (κ1) is 31.9. The summed E-state index contributed by atoms with van der Waals surface area (Å²) in [6, 6.07) is 0. The molecule has 1 aliphatic carbocycles. The summed E-state index contributed by atoms with van der Waals surface area (Å²) in [6.07, 6.45) is 5.83. The van der Waals surface area contributed by atoms with E-state index >= 15 is 0 Å². The van der Waals surface area contributed by atoms with Gasteiger partial charge in [-0.25, -0.2) is 0 Å². The molecule has 0 radical (unpaired) electrons. The summed E-state index contributed by atoms with van der Waals surface area (Å²) in [6.45, 7) is 28.5. The molecule has 0 aromatic carbocycles. The number of carbonyl (C=O) groups is 1. The Kier molecular flexibility index (Phi) is 12.1. The van der Waals surface area contributed by atoms with E-state index in [4.69, 9.17) is 13.6 Å². The van der Waals surface area contributed by atoms with Crippen molar-refractivity contribution in [3.8, 4) is 0 Å². The van der Waals surface area contributed by atoms with Crippen molar-refractivity contribution in [1.82, 2.24) is 0 Å². The zero-order valence-corrected chi connectivity index (χ0v) is 27.2. The van der Waals surface area contributed by atoms with Gasteiger partial charge >= 0.3 is 5.97 Å². The molecule has 0 bridgehead atoms. The third-order valence-corrected chi connectivity index (χ3v) is 19.7. The third-order valence-electron chi connectivity index (χ3n) is 8.26. The Morgan fingerprint density at radius 2 is 1.62 bits per heavy atom. The average Bonchev–Trinajstić information content (AvgIpc) is 2.68. The molecule has 200 valence electrons. The van der Waals surface area contributed by atoms with E-state index in [-0.39, 0.29) is 28.9 Å². The van der Waals surface area contributed by atoms with Gasteiger partial charge < -0.3 is 13.6 Å². The first-order valence-electron chi connectivity index (χ1n) is 13.3. The molecule has 0 aromatic rings. The number of ether oxygens (including phenoxy) is 1. The summed E-state index contributed by atoms with van der Waals surface area (Å²) >= 11 is 1.76. The van der Waals surface area contributed by atoms with E-state index in [1.54, 1.807) is 11.8 Å². The van der Waals surface area contributed by atoms with E-state index < -0.39 is 16.6 Å². The molecule has 0 amide bonds. The predicted molar refractivity (Wildman–Crippen MR) is 154 cm³/mol. The molecule has 1 aliphatic rings. The van der Waals surface area contributed by atoms with Gasteiger partial charge in [0.05, 0.1) is 19.1 Å². The molecule has 0 saturated heterocycles. The highest BCUT2D eigenvalue weighted by Crippen LogP contribution is 2.46. The molecular weight excluding hydrogens is 477 g/mol. The van der Waals surface area contributed by atoms with Gasteiger partial charge in [-0.05, 0) is 66.2 Å². The third kappa shape index (κ3) is 7.71. The van der Waals surface area contributed by atoms with Gasteiger partial charge in [0, 0.05) is 11.5 Å². The van der Waals surface area contributed by atoms with Crippen LogP contribution < -0.4 is 0 Å². The van der Waals surface area contributed by atoms with Crippen LogP contribution in [-0.2, 0) is 18.4 Å². The van der Waals surface area contributed by atoms with E-state index in [0.717, 1.165) is 6.42 Å². The van der Waals surface area contributed by atoms with Gasteiger partial charge in [-0.2, -0.15) is 0 Å². The van der Waals surface area contributed by atoms with Crippen LogP contribution in [0.1, 0.15) is 82.1 Å². The van der Waals surface area contributed by atoms with Crippen molar-refractivity contribution in [2.75, 3.05) is 19.5 Å². The Bertz CT molecular complexity index is 661. The summed E-state index contributed by atoms with van der Waals surface area (Å²) < 4.78 is 19.3. The first-order chi connectivity index (χ1) is 15.5. The number of carbonyl (C=O) groups excluding carboxylic acids is 1. The smallest absolute Gasteiger partial charge is 0.306 e. The number of hydrogen-bond donors (Lipinski definition) is 0. The number of allylic oxidation sites excluding steroid dienone is 1. The van der Waals surface area contributed by atoms with E-state index in [9.17, 15) is 4.79 Å². The molecule has 34 heavy (non-hydrogen) atoms. The largest absolute Gasteiger partial charge is 0.466 e. The first-order valence-corrected chi connectivity index (χ1v) is 19.5. The maximum atomic E-state index is 12.5. The van der Waals surface area contributed by atoms with Gasteiger partial charge in [-0.1, -0.05) is 68.4 Å². The summed E-state index contributed by atoms with van der Waals surface area (Å²) in [5, 5.41) is 0.152. The number of esters is 1. The van der Waals surface area contributed by atoms with Crippen molar-refractivity contribution < 1.29 is 18.4 Å². The second-order valence-electron chi connectivity index (χ2n) is 12.4. The molecule has 0 saturated carbocycles. The zero-order chi connectivity index (χ0) is 26.5. The summed E-state index contributed by atoms with van der Waals surface area (Å²) in [5.74, 6) is 0.259. The van der Waals surface area contributed by atoms with Gasteiger partial charge in [-0.15, -0.1) is 11.8 Å². The van der Waals surface area contributed by atoms with Crippen molar-refractivity contribution in [2.24, 2.45) is 11.8 Å². The molecule has 0 unspecified atom stereocenters. The van der Waals surface area contributed by atoms with Crippen LogP contribution in [0.5, 0.6) is 0 Å². The quantitative estimate of drug-likeness (QED) is 0.187. The van der Waals surface area contributed by atoms with E-state index in [1.807, 2.05) is 6.92 Å². The maximum Gasteiger partial charge on any atom is 0.306 e. The molecule has 7 heteroatoms. The minimum absolute atomic E-state index is 0.0798. The predicted octanol–water partition coefficient (Wildman–Crippen LogP) is 8.41. The lowest BCUT2D eigenvalue weighted by atomic mass is 9.81. The molecule has 0 aromatic heterocycles. The van der Waals surface area contributed by atoms with Gasteiger partial charge in [0.15, 0.2) is 16.6 Å². The average molecular weight is 531 g/mol. The van der Waals surface area contributed by atoms with Gasteiger partial charge in [0.25, 0.3) is 0 Å². The van der Waals surface area contributed by atoms with E-state index in [0.29, 0.717) is 36.3 Å². The second kappa shape index (κ2) is 12.9. The standard InChI is InChI=1S/C27H54O4SSi2/c1-14-29-26(28)17-22-16-25(32-11)24(31-33(12,13)27(8,9)10)15-23(22)18-30-34(19(2)3,20(4)5)21(6)7/h16,19-24H,14-15,17-18H2,1-13H3/t22-,23-,24+/m1/s1. The minimum atomic E-state index is -1.99. The molecule has 0 N–H and O–H groups in total. The fraction of sp³-hybridized carbons (Fsp3) is 0.889. The van der Waals surface area contributed by atoms with Gasteiger partial charge in [-0.3, -0.25) is 4.79 Å². The SMILES string of the molecule is CCOC(=O)C[C@H]1C=C(SC)[C@@H](O[Si](C)(C)C(C)(C)C)C[C@@H]1CO[Si](C(C)C)(C(C)C)C(C)C. The van der Waals surface area contributed by atoms with Crippen LogP contribution in [0, 0.1) is 11.8 Å². The molecule has 4 nitrogen and oxygen atoms in total. The highest BCUT2D eigenvalue weighted by atomic mass is 32.2. The highest BCUT2D eigenvalue weighted by molar-refractivity contribution is 8.02. The van der Waals surface area contributed by atoms with Gasteiger partial charge in [0.1, 0.15) is 0 Å².